The number of aryl methyl sites for hydroxylation is 2. The van der Waals surface area contributed by atoms with Crippen molar-refractivity contribution in [3.63, 3.8) is 0 Å². The van der Waals surface area contributed by atoms with Gasteiger partial charge >= 0.3 is 37.9 Å². The van der Waals surface area contributed by atoms with E-state index in [4.69, 9.17) is 17.0 Å². The molecule has 4 rings (SSSR count). The van der Waals surface area contributed by atoms with Gasteiger partial charge in [0.25, 0.3) is 0 Å². The van der Waals surface area contributed by atoms with E-state index in [0.717, 1.165) is 47.3 Å². The molecule has 0 heterocycles. The van der Waals surface area contributed by atoms with Gasteiger partial charge in [-0.15, -0.1) is 0 Å². The van der Waals surface area contributed by atoms with Crippen molar-refractivity contribution in [3.8, 4) is 0 Å². The number of fused-ring (bicyclic) bond motifs is 2. The molecule has 3 heteroatoms. The second-order valence-corrected chi connectivity index (χ2v) is 16.8. The van der Waals surface area contributed by atoms with E-state index in [1.54, 1.807) is 40.3 Å². The molecular weight excluding hydrogens is 595 g/mol. The SMILES string of the molecule is CCc1cc2c([cH-]1)CC(C(C)C)CC2C(C)C.CCc1cc2c([cH-]1)CC(C(C)C)CC2C(C)C.[CH2-]C.[Cl][Zr][Cl]. The van der Waals surface area contributed by atoms with Crippen molar-refractivity contribution in [2.45, 2.75) is 127 Å². The van der Waals surface area contributed by atoms with Gasteiger partial charge in [0.15, 0.2) is 0 Å². The molecule has 2 aromatic carbocycles. The minimum atomic E-state index is -0.826. The van der Waals surface area contributed by atoms with Gasteiger partial charge in [-0.3, -0.25) is 0 Å². The van der Waals surface area contributed by atoms with Gasteiger partial charge in [-0.1, -0.05) is 119 Å². The molecule has 0 saturated heterocycles. The third-order valence-corrected chi connectivity index (χ3v) is 9.33. The second kappa shape index (κ2) is 18.6. The van der Waals surface area contributed by atoms with E-state index in [0.29, 0.717) is 0 Å². The van der Waals surface area contributed by atoms with Gasteiger partial charge in [0.1, 0.15) is 0 Å². The molecule has 0 saturated carbocycles. The molecule has 2 aliphatic rings. The molecule has 0 aromatic heterocycles. The first kappa shape index (κ1) is 37.2. The fraction of sp³-hybridized carbons (Fsp3) is 0.694. The molecule has 224 valence electrons. The Morgan fingerprint density at radius 2 is 1.00 bits per heavy atom. The molecule has 4 unspecified atom stereocenters. The predicted molar refractivity (Wildman–Crippen MR) is 174 cm³/mol. The molecule has 0 radical (unpaired) electrons. The predicted octanol–water partition coefficient (Wildman–Crippen LogP) is 12.1. The Morgan fingerprint density at radius 3 is 1.23 bits per heavy atom. The summed E-state index contributed by atoms with van der Waals surface area (Å²) in [5.41, 5.74) is 9.76. The third kappa shape index (κ3) is 10.7. The zero-order valence-electron chi connectivity index (χ0n) is 27.1. The minimum absolute atomic E-state index is 0.780. The molecule has 4 atom stereocenters. The van der Waals surface area contributed by atoms with Crippen LogP contribution in [0.15, 0.2) is 24.3 Å². The van der Waals surface area contributed by atoms with Crippen molar-refractivity contribution in [2.24, 2.45) is 35.5 Å². The molecule has 0 nitrogen and oxygen atoms in total. The summed E-state index contributed by atoms with van der Waals surface area (Å²) in [4.78, 5) is 0. The van der Waals surface area contributed by atoms with Crippen LogP contribution in [0, 0.1) is 42.4 Å². The van der Waals surface area contributed by atoms with Crippen LogP contribution >= 0.6 is 17.0 Å². The Hall–Kier alpha value is 0.163. The van der Waals surface area contributed by atoms with Crippen LogP contribution in [0.25, 0.3) is 0 Å². The summed E-state index contributed by atoms with van der Waals surface area (Å²) in [7, 11) is 9.87. The number of hydrogen-bond acceptors (Lipinski definition) is 0. The summed E-state index contributed by atoms with van der Waals surface area (Å²) in [5, 5.41) is 0. The zero-order valence-corrected chi connectivity index (χ0v) is 31.1. The van der Waals surface area contributed by atoms with Crippen LogP contribution in [0.1, 0.15) is 134 Å². The van der Waals surface area contributed by atoms with E-state index < -0.39 is 20.8 Å². The summed E-state index contributed by atoms with van der Waals surface area (Å²) in [5.74, 6) is 6.58. The molecular formula is C36H59Cl2Zr-3. The van der Waals surface area contributed by atoms with Crippen molar-refractivity contribution >= 4 is 17.0 Å². The van der Waals surface area contributed by atoms with E-state index in [1.165, 1.54) is 38.5 Å². The van der Waals surface area contributed by atoms with E-state index in [1.807, 2.05) is 0 Å². The van der Waals surface area contributed by atoms with E-state index in [2.05, 4.69) is 100 Å². The van der Waals surface area contributed by atoms with Crippen LogP contribution in [0.4, 0.5) is 0 Å². The molecule has 0 bridgehead atoms. The summed E-state index contributed by atoms with van der Waals surface area (Å²) in [6, 6.07) is 9.91. The Morgan fingerprint density at radius 1 is 0.692 bits per heavy atom. The Kier molecular flexibility index (Phi) is 17.8. The first-order chi connectivity index (χ1) is 18.5. The van der Waals surface area contributed by atoms with Gasteiger partial charge in [-0.05, 0) is 36.5 Å². The van der Waals surface area contributed by atoms with Gasteiger partial charge in [0.05, 0.1) is 0 Å². The maximum absolute atomic E-state index is 4.93. The molecule has 0 N–H and O–H groups in total. The third-order valence-electron chi connectivity index (χ3n) is 9.33. The van der Waals surface area contributed by atoms with Crippen molar-refractivity contribution < 1.29 is 20.8 Å². The summed E-state index contributed by atoms with van der Waals surface area (Å²) >= 11 is -0.826. The first-order valence-corrected chi connectivity index (χ1v) is 22.0. The quantitative estimate of drug-likeness (QED) is 0.272. The zero-order chi connectivity index (χ0) is 29.9. The van der Waals surface area contributed by atoms with Gasteiger partial charge < -0.3 is 6.92 Å². The monoisotopic (exact) mass is 651 g/mol. The molecule has 0 aliphatic heterocycles. The molecule has 39 heavy (non-hydrogen) atoms. The number of hydrogen-bond donors (Lipinski definition) is 0. The Bertz CT molecular complexity index is 842. The van der Waals surface area contributed by atoms with Crippen LogP contribution in [0.2, 0.25) is 0 Å². The van der Waals surface area contributed by atoms with Crippen LogP contribution in [0.3, 0.4) is 0 Å². The summed E-state index contributed by atoms with van der Waals surface area (Å²) in [6.07, 6.45) is 7.80. The van der Waals surface area contributed by atoms with Crippen LogP contribution in [-0.2, 0) is 46.5 Å². The van der Waals surface area contributed by atoms with Gasteiger partial charge in [0.2, 0.25) is 0 Å². The fourth-order valence-electron chi connectivity index (χ4n) is 6.65. The molecule has 0 fully saturated rings. The topological polar surface area (TPSA) is 0 Å². The molecule has 0 amide bonds. The van der Waals surface area contributed by atoms with E-state index in [9.17, 15) is 0 Å². The second-order valence-electron chi connectivity index (χ2n) is 13.1. The standard InChI is InChI=1S/2C17H27.C2H5.2ClH.Zr/c2*1-6-13-7-15-9-14(11(2)3)10-16(12(4)5)17(15)8-13;1-2;;;/h2*7-8,11-12,14,16H,6,9-10H2,1-5H3;1H2,2H3;2*1H;/q3*-1;;;+2/p-2. The van der Waals surface area contributed by atoms with Crippen LogP contribution in [0.5, 0.6) is 0 Å². The van der Waals surface area contributed by atoms with Crippen molar-refractivity contribution in [2.75, 3.05) is 0 Å². The molecule has 2 aromatic rings. The molecule has 0 spiro atoms. The number of rotatable bonds is 6. The Balaban J connectivity index is 0.000000335. The maximum atomic E-state index is 4.93. The summed E-state index contributed by atoms with van der Waals surface area (Å²) < 4.78 is 0. The van der Waals surface area contributed by atoms with Crippen LogP contribution < -0.4 is 0 Å². The van der Waals surface area contributed by atoms with Gasteiger partial charge in [-0.2, -0.15) is 52.4 Å². The van der Waals surface area contributed by atoms with Crippen molar-refractivity contribution in [3.05, 3.63) is 64.6 Å². The average Bonchev–Trinajstić information content (AvgIpc) is 3.52. The van der Waals surface area contributed by atoms with Gasteiger partial charge in [-0.25, -0.2) is 12.1 Å². The van der Waals surface area contributed by atoms with Crippen molar-refractivity contribution in [1.29, 1.82) is 0 Å². The van der Waals surface area contributed by atoms with Gasteiger partial charge in [0, 0.05) is 0 Å². The fourth-order valence-corrected chi connectivity index (χ4v) is 6.65. The first-order valence-electron chi connectivity index (χ1n) is 15.7. The van der Waals surface area contributed by atoms with E-state index in [-0.39, 0.29) is 0 Å². The molecule has 2 aliphatic carbocycles. The summed E-state index contributed by atoms with van der Waals surface area (Å²) in [6.45, 7) is 28.6. The number of halogens is 2. The van der Waals surface area contributed by atoms with Crippen molar-refractivity contribution in [1.82, 2.24) is 0 Å². The average molecular weight is 654 g/mol. The normalized spacial score (nSPS) is 21.8. The van der Waals surface area contributed by atoms with Crippen LogP contribution in [-0.4, -0.2) is 0 Å². The van der Waals surface area contributed by atoms with E-state index >= 15 is 0 Å². The Labute approximate surface area is 262 Å².